The average molecular weight is 359 g/mol. The average Bonchev–Trinajstić information content (AvgIpc) is 2.37. The second-order valence-corrected chi connectivity index (χ2v) is 9.07. The Morgan fingerprint density at radius 2 is 1.33 bits per heavy atom. The molecule has 1 unspecified atom stereocenters. The van der Waals surface area contributed by atoms with Crippen molar-refractivity contribution in [1.82, 2.24) is 0 Å². The van der Waals surface area contributed by atoms with E-state index in [1.54, 1.807) is 0 Å². The normalized spacial score (nSPS) is 13.5. The maximum absolute atomic E-state index is 11.1. The molecule has 24 heavy (non-hydrogen) atoms. The van der Waals surface area contributed by atoms with Crippen LogP contribution in [-0.4, -0.2) is 30.4 Å². The molecule has 0 rings (SSSR count). The van der Waals surface area contributed by atoms with Gasteiger partial charge >= 0.3 is 18.9 Å². The summed E-state index contributed by atoms with van der Waals surface area (Å²) >= 11 is 0. The van der Waals surface area contributed by atoms with Crippen LogP contribution in [0.2, 0.25) is 0 Å². The summed E-state index contributed by atoms with van der Waals surface area (Å²) < 4.78 is 37.0. The van der Waals surface area contributed by atoms with Gasteiger partial charge in [-0.2, -0.15) is 8.42 Å². The predicted octanol–water partition coefficient (Wildman–Crippen LogP) is 2.49. The van der Waals surface area contributed by atoms with E-state index in [-0.39, 0.29) is 26.0 Å². The summed E-state index contributed by atoms with van der Waals surface area (Å²) in [5.74, 6) is -0.304. The Bertz CT molecular complexity index is 383. The van der Waals surface area contributed by atoms with Gasteiger partial charge < -0.3 is 6.16 Å². The fraction of sp³-hybridized carbons (Fsp3) is 1.00. The van der Waals surface area contributed by atoms with Crippen LogP contribution in [0.25, 0.3) is 0 Å². The molecule has 4 nitrogen and oxygen atoms in total. The smallest absolute Gasteiger partial charge is 1.00 e. The first-order valence-electron chi connectivity index (χ1n) is 9.27. The third-order valence-electron chi connectivity index (χ3n) is 3.80. The molecule has 0 aromatic rings. The van der Waals surface area contributed by atoms with E-state index < -0.39 is 21.8 Å². The van der Waals surface area contributed by atoms with Crippen molar-refractivity contribution in [3.8, 4) is 0 Å². The van der Waals surface area contributed by atoms with Crippen molar-refractivity contribution in [2.45, 2.75) is 110 Å². The molecule has 6 heteroatoms. The van der Waals surface area contributed by atoms with Crippen LogP contribution in [0.4, 0.5) is 0 Å². The van der Waals surface area contributed by atoms with E-state index in [9.17, 15) is 8.42 Å². The van der Waals surface area contributed by atoms with E-state index in [1.165, 1.54) is 51.4 Å². The first-order chi connectivity index (χ1) is 10.6. The zero-order valence-corrected chi connectivity index (χ0v) is 17.5. The third-order valence-corrected chi connectivity index (χ3v) is 4.59. The Morgan fingerprint density at radius 3 is 1.71 bits per heavy atom. The van der Waals surface area contributed by atoms with E-state index in [0.29, 0.717) is 6.42 Å². The van der Waals surface area contributed by atoms with Crippen molar-refractivity contribution < 1.29 is 38.0 Å². The summed E-state index contributed by atoms with van der Waals surface area (Å²) in [6, 6.07) is 0. The molecule has 0 aromatic carbocycles. The van der Waals surface area contributed by atoms with Gasteiger partial charge in [-0.25, -0.2) is 0 Å². The summed E-state index contributed by atoms with van der Waals surface area (Å²) in [5, 5.41) is 0. The molecule has 0 fully saturated rings. The molecule has 0 bridgehead atoms. The van der Waals surface area contributed by atoms with Gasteiger partial charge in [-0.3, -0.25) is 4.55 Å². The van der Waals surface area contributed by atoms with Gasteiger partial charge in [-0.05, 0) is 27.2 Å². The van der Waals surface area contributed by atoms with Gasteiger partial charge in [0.15, 0.2) is 0 Å². The molecule has 142 valence electrons. The quantitative estimate of drug-likeness (QED) is 0.294. The SMILES string of the molecule is CCCCCCCCCCCCC(CS(=O)(=O)O)OC(C)(C)C.[H-].[Li+]. The van der Waals surface area contributed by atoms with Crippen LogP contribution in [0, 0.1) is 0 Å². The van der Waals surface area contributed by atoms with E-state index in [4.69, 9.17) is 9.29 Å². The fourth-order valence-corrected chi connectivity index (χ4v) is 3.48. The Hall–Kier alpha value is 0.467. The second kappa shape index (κ2) is 14.6. The van der Waals surface area contributed by atoms with Crippen molar-refractivity contribution in [3.63, 3.8) is 0 Å². The third kappa shape index (κ3) is 20.5. The van der Waals surface area contributed by atoms with Crippen molar-refractivity contribution in [1.29, 1.82) is 0 Å². The van der Waals surface area contributed by atoms with Crippen LogP contribution in [0.1, 0.15) is 99.8 Å². The number of unbranched alkanes of at least 4 members (excludes halogenated alkanes) is 9. The van der Waals surface area contributed by atoms with Crippen molar-refractivity contribution in [2.75, 3.05) is 5.75 Å². The van der Waals surface area contributed by atoms with Crippen molar-refractivity contribution >= 4 is 10.1 Å². The molecule has 0 aliphatic heterocycles. The predicted molar refractivity (Wildman–Crippen MR) is 98.6 cm³/mol. The molecule has 0 aliphatic carbocycles. The van der Waals surface area contributed by atoms with E-state index in [1.807, 2.05) is 20.8 Å². The van der Waals surface area contributed by atoms with Gasteiger partial charge in [0.25, 0.3) is 10.1 Å². The standard InChI is InChI=1S/C18H38O4S.Li.H/c1-5-6-7-8-9-10-11-12-13-14-15-17(16-23(19,20)21)22-18(2,3)4;;/h17H,5-16H2,1-4H3,(H,19,20,21);;/q;+1;-1. The molecule has 0 amide bonds. The van der Waals surface area contributed by atoms with Crippen LogP contribution in [0.5, 0.6) is 0 Å². The van der Waals surface area contributed by atoms with Gasteiger partial charge in [0.2, 0.25) is 0 Å². The molecule has 0 saturated carbocycles. The largest absolute Gasteiger partial charge is 1.00 e. The first-order valence-corrected chi connectivity index (χ1v) is 10.9. The molecular weight excluding hydrogens is 319 g/mol. The number of hydrogen-bond donors (Lipinski definition) is 1. The molecule has 0 aliphatic rings. The number of hydrogen-bond acceptors (Lipinski definition) is 3. The van der Waals surface area contributed by atoms with Crippen LogP contribution in [0.3, 0.4) is 0 Å². The Morgan fingerprint density at radius 1 is 0.917 bits per heavy atom. The Labute approximate surface area is 163 Å². The van der Waals surface area contributed by atoms with E-state index >= 15 is 0 Å². The van der Waals surface area contributed by atoms with Gasteiger partial charge in [0.1, 0.15) is 5.75 Å². The minimum atomic E-state index is -3.98. The summed E-state index contributed by atoms with van der Waals surface area (Å²) in [4.78, 5) is 0. The maximum atomic E-state index is 11.1. The van der Waals surface area contributed by atoms with Gasteiger partial charge in [0, 0.05) is 0 Å². The summed E-state index contributed by atoms with van der Waals surface area (Å²) in [6.45, 7) is 7.95. The minimum Gasteiger partial charge on any atom is -1.00 e. The number of rotatable bonds is 14. The summed E-state index contributed by atoms with van der Waals surface area (Å²) in [5.41, 5.74) is -0.395. The maximum Gasteiger partial charge on any atom is 1.00 e. The molecule has 0 aromatic heterocycles. The number of ether oxygens (including phenoxy) is 1. The zero-order valence-electron chi connectivity index (χ0n) is 17.6. The zero-order chi connectivity index (χ0) is 17.8. The van der Waals surface area contributed by atoms with Gasteiger partial charge in [-0.1, -0.05) is 71.1 Å². The van der Waals surface area contributed by atoms with Crippen LogP contribution >= 0.6 is 0 Å². The topological polar surface area (TPSA) is 63.6 Å². The molecule has 1 atom stereocenters. The van der Waals surface area contributed by atoms with E-state index in [0.717, 1.165) is 12.8 Å². The molecule has 0 heterocycles. The van der Waals surface area contributed by atoms with E-state index in [2.05, 4.69) is 6.92 Å². The van der Waals surface area contributed by atoms with Crippen molar-refractivity contribution in [3.05, 3.63) is 0 Å². The summed E-state index contributed by atoms with van der Waals surface area (Å²) in [7, 11) is -3.98. The molecule has 0 spiro atoms. The minimum absolute atomic E-state index is 0. The van der Waals surface area contributed by atoms with Gasteiger partial charge in [0.05, 0.1) is 11.7 Å². The second-order valence-electron chi connectivity index (χ2n) is 7.57. The van der Waals surface area contributed by atoms with Crippen LogP contribution in [0.15, 0.2) is 0 Å². The fourth-order valence-electron chi connectivity index (χ4n) is 2.77. The van der Waals surface area contributed by atoms with Gasteiger partial charge in [-0.15, -0.1) is 0 Å². The van der Waals surface area contributed by atoms with Crippen LogP contribution < -0.4 is 18.9 Å². The first kappa shape index (κ1) is 26.7. The monoisotopic (exact) mass is 358 g/mol. The Balaban J connectivity index is -0.00000242. The Kier molecular flexibility index (Phi) is 16.3. The molecule has 0 saturated heterocycles. The molecule has 1 N–H and O–H groups in total. The molecular formula is C18H39LiO4S. The summed E-state index contributed by atoms with van der Waals surface area (Å²) in [6.07, 6.45) is 12.8. The van der Waals surface area contributed by atoms with Crippen LogP contribution in [-0.2, 0) is 14.9 Å². The molecule has 0 radical (unpaired) electrons. The van der Waals surface area contributed by atoms with Crippen molar-refractivity contribution in [2.24, 2.45) is 0 Å².